The van der Waals surface area contributed by atoms with E-state index in [1.165, 1.54) is 0 Å². The Morgan fingerprint density at radius 2 is 1.96 bits per heavy atom. The average Bonchev–Trinajstić information content (AvgIpc) is 2.65. The first-order valence-electron chi connectivity index (χ1n) is 9.76. The van der Waals surface area contributed by atoms with Crippen molar-refractivity contribution in [1.29, 1.82) is 0 Å². The lowest BCUT2D eigenvalue weighted by Crippen LogP contribution is -2.51. The SMILES string of the molecule is CC(C)CCCNC(=O)N1CCN(Cc2nc3ccccc3c(=O)[nH]2)CC1. The fourth-order valence-electron chi connectivity index (χ4n) is 3.35. The quantitative estimate of drug-likeness (QED) is 0.763. The lowest BCUT2D eigenvalue weighted by atomic mass is 10.1. The summed E-state index contributed by atoms with van der Waals surface area (Å²) in [5.41, 5.74) is 0.616. The number of para-hydroxylation sites is 1. The van der Waals surface area contributed by atoms with Gasteiger partial charge < -0.3 is 15.2 Å². The van der Waals surface area contributed by atoms with Crippen LogP contribution in [0.3, 0.4) is 0 Å². The van der Waals surface area contributed by atoms with Crippen molar-refractivity contribution in [3.63, 3.8) is 0 Å². The van der Waals surface area contributed by atoms with Crippen LogP contribution in [0.1, 0.15) is 32.5 Å². The van der Waals surface area contributed by atoms with Crippen LogP contribution in [-0.4, -0.2) is 58.5 Å². The van der Waals surface area contributed by atoms with E-state index in [1.54, 1.807) is 6.07 Å². The third-order valence-corrected chi connectivity index (χ3v) is 4.93. The van der Waals surface area contributed by atoms with Gasteiger partial charge in [0, 0.05) is 32.7 Å². The van der Waals surface area contributed by atoms with Gasteiger partial charge in [-0.1, -0.05) is 26.0 Å². The minimum Gasteiger partial charge on any atom is -0.338 e. The molecule has 1 fully saturated rings. The van der Waals surface area contributed by atoms with E-state index in [-0.39, 0.29) is 11.6 Å². The number of rotatable bonds is 6. The summed E-state index contributed by atoms with van der Waals surface area (Å²) in [6.07, 6.45) is 2.15. The van der Waals surface area contributed by atoms with Crippen molar-refractivity contribution in [2.24, 2.45) is 5.92 Å². The molecular weight excluding hydrogens is 342 g/mol. The van der Waals surface area contributed by atoms with Crippen molar-refractivity contribution in [1.82, 2.24) is 25.1 Å². The molecule has 7 heteroatoms. The lowest BCUT2D eigenvalue weighted by Gasteiger charge is -2.34. The zero-order chi connectivity index (χ0) is 19.2. The van der Waals surface area contributed by atoms with Crippen LogP contribution < -0.4 is 10.9 Å². The summed E-state index contributed by atoms with van der Waals surface area (Å²) in [6.45, 7) is 8.63. The topological polar surface area (TPSA) is 81.3 Å². The highest BCUT2D eigenvalue weighted by atomic mass is 16.2. The number of amides is 2. The van der Waals surface area contributed by atoms with Crippen LogP contribution in [0.4, 0.5) is 4.79 Å². The first-order valence-corrected chi connectivity index (χ1v) is 9.76. The smallest absolute Gasteiger partial charge is 0.317 e. The second-order valence-electron chi connectivity index (χ2n) is 7.56. The number of benzene rings is 1. The van der Waals surface area contributed by atoms with Crippen molar-refractivity contribution in [2.45, 2.75) is 33.2 Å². The van der Waals surface area contributed by atoms with Crippen molar-refractivity contribution >= 4 is 16.9 Å². The highest BCUT2D eigenvalue weighted by Crippen LogP contribution is 2.09. The molecule has 1 saturated heterocycles. The van der Waals surface area contributed by atoms with E-state index < -0.39 is 0 Å². The number of aromatic nitrogens is 2. The molecule has 1 aromatic heterocycles. The predicted molar refractivity (Wildman–Crippen MR) is 107 cm³/mol. The molecule has 0 atom stereocenters. The van der Waals surface area contributed by atoms with E-state index in [4.69, 9.17) is 0 Å². The van der Waals surface area contributed by atoms with Gasteiger partial charge in [0.15, 0.2) is 0 Å². The van der Waals surface area contributed by atoms with Gasteiger partial charge in [0.1, 0.15) is 5.82 Å². The molecule has 1 aliphatic rings. The highest BCUT2D eigenvalue weighted by molar-refractivity contribution is 5.77. The minimum atomic E-state index is -0.102. The number of urea groups is 1. The van der Waals surface area contributed by atoms with Gasteiger partial charge in [-0.05, 0) is 30.9 Å². The van der Waals surface area contributed by atoms with Gasteiger partial charge in [-0.3, -0.25) is 9.69 Å². The Balaban J connectivity index is 1.48. The van der Waals surface area contributed by atoms with E-state index >= 15 is 0 Å². The Morgan fingerprint density at radius 3 is 2.70 bits per heavy atom. The zero-order valence-electron chi connectivity index (χ0n) is 16.2. The van der Waals surface area contributed by atoms with Crippen LogP contribution in [0.25, 0.3) is 10.9 Å². The molecule has 0 radical (unpaired) electrons. The maximum absolute atomic E-state index is 12.2. The van der Waals surface area contributed by atoms with Crippen molar-refractivity contribution in [3.8, 4) is 0 Å². The van der Waals surface area contributed by atoms with Crippen LogP contribution >= 0.6 is 0 Å². The fraction of sp³-hybridized carbons (Fsp3) is 0.550. The normalized spacial score (nSPS) is 15.4. The number of carbonyl (C=O) groups excluding carboxylic acids is 1. The molecule has 2 amide bonds. The second kappa shape index (κ2) is 8.99. The average molecular weight is 371 g/mol. The number of fused-ring (bicyclic) bond motifs is 1. The van der Waals surface area contributed by atoms with Gasteiger partial charge in [-0.25, -0.2) is 9.78 Å². The molecule has 146 valence electrons. The largest absolute Gasteiger partial charge is 0.338 e. The molecular formula is C20H29N5O2. The molecule has 0 unspecified atom stereocenters. The molecule has 1 aliphatic heterocycles. The third kappa shape index (κ3) is 5.29. The molecule has 3 rings (SSSR count). The summed E-state index contributed by atoms with van der Waals surface area (Å²) in [5, 5.41) is 3.62. The van der Waals surface area contributed by atoms with Gasteiger partial charge in [0.25, 0.3) is 5.56 Å². The zero-order valence-corrected chi connectivity index (χ0v) is 16.2. The van der Waals surface area contributed by atoms with Gasteiger partial charge in [0.2, 0.25) is 0 Å². The van der Waals surface area contributed by atoms with Crippen molar-refractivity contribution < 1.29 is 4.79 Å². The van der Waals surface area contributed by atoms with Crippen molar-refractivity contribution in [2.75, 3.05) is 32.7 Å². The van der Waals surface area contributed by atoms with Crippen LogP contribution in [0.5, 0.6) is 0 Å². The summed E-state index contributed by atoms with van der Waals surface area (Å²) in [5.74, 6) is 1.34. The van der Waals surface area contributed by atoms with Crippen LogP contribution in [0.15, 0.2) is 29.1 Å². The molecule has 7 nitrogen and oxygen atoms in total. The monoisotopic (exact) mass is 371 g/mol. The number of aromatic amines is 1. The Morgan fingerprint density at radius 1 is 1.22 bits per heavy atom. The third-order valence-electron chi connectivity index (χ3n) is 4.93. The molecule has 2 N–H and O–H groups in total. The number of H-pyrrole nitrogens is 1. The molecule has 0 aliphatic carbocycles. The van der Waals surface area contributed by atoms with E-state index in [9.17, 15) is 9.59 Å². The molecule has 0 saturated carbocycles. The van der Waals surface area contributed by atoms with Gasteiger partial charge in [0.05, 0.1) is 17.4 Å². The summed E-state index contributed by atoms with van der Waals surface area (Å²) < 4.78 is 0. The summed E-state index contributed by atoms with van der Waals surface area (Å²) in [7, 11) is 0. The Labute approximate surface area is 159 Å². The summed E-state index contributed by atoms with van der Waals surface area (Å²) in [4.78, 5) is 35.9. The summed E-state index contributed by atoms with van der Waals surface area (Å²) in [6, 6.07) is 7.39. The number of carbonyl (C=O) groups is 1. The molecule has 0 bridgehead atoms. The highest BCUT2D eigenvalue weighted by Gasteiger charge is 2.21. The standard InChI is InChI=1S/C20H29N5O2/c1-15(2)6-5-9-21-20(27)25-12-10-24(11-13-25)14-18-22-17-8-4-3-7-16(17)19(26)23-18/h3-4,7-8,15H,5-6,9-14H2,1-2H3,(H,21,27)(H,22,23,26). The number of piperazine rings is 1. The Kier molecular flexibility index (Phi) is 6.45. The van der Waals surface area contributed by atoms with Crippen molar-refractivity contribution in [3.05, 3.63) is 40.4 Å². The maximum Gasteiger partial charge on any atom is 0.317 e. The van der Waals surface area contributed by atoms with Gasteiger partial charge in [-0.15, -0.1) is 0 Å². The summed E-state index contributed by atoms with van der Waals surface area (Å²) >= 11 is 0. The minimum absolute atomic E-state index is 0.0237. The van der Waals surface area contributed by atoms with Crippen LogP contribution in [0.2, 0.25) is 0 Å². The number of hydrogen-bond acceptors (Lipinski definition) is 4. The first kappa shape index (κ1) is 19.4. The van der Waals surface area contributed by atoms with E-state index in [1.807, 2.05) is 23.1 Å². The molecule has 1 aromatic carbocycles. The molecule has 2 aromatic rings. The molecule has 2 heterocycles. The predicted octanol–water partition coefficient (Wildman–Crippen LogP) is 2.19. The second-order valence-corrected chi connectivity index (χ2v) is 7.56. The number of hydrogen-bond donors (Lipinski definition) is 2. The van der Waals surface area contributed by atoms with E-state index in [2.05, 4.69) is 34.0 Å². The fourth-order valence-corrected chi connectivity index (χ4v) is 3.35. The maximum atomic E-state index is 12.2. The number of nitrogens with zero attached hydrogens (tertiary/aromatic N) is 3. The Hall–Kier alpha value is -2.41. The van der Waals surface area contributed by atoms with E-state index in [0.29, 0.717) is 36.8 Å². The molecule has 27 heavy (non-hydrogen) atoms. The van der Waals surface area contributed by atoms with E-state index in [0.717, 1.165) is 38.0 Å². The van der Waals surface area contributed by atoms with Crippen LogP contribution in [0, 0.1) is 5.92 Å². The lowest BCUT2D eigenvalue weighted by molar-refractivity contribution is 0.133. The number of nitrogens with one attached hydrogen (secondary N) is 2. The van der Waals surface area contributed by atoms with Crippen LogP contribution in [-0.2, 0) is 6.54 Å². The first-order chi connectivity index (χ1) is 13.0. The van der Waals surface area contributed by atoms with Gasteiger partial charge in [-0.2, -0.15) is 0 Å². The molecule has 0 spiro atoms. The Bertz CT molecular complexity index is 824. The van der Waals surface area contributed by atoms with Gasteiger partial charge >= 0.3 is 6.03 Å².